The minimum absolute atomic E-state index is 0.00266. The number of sulfone groups is 1. The number of nitrogens with one attached hydrogen (secondary N) is 1. The van der Waals surface area contributed by atoms with Gasteiger partial charge in [0, 0.05) is 23.1 Å². The second-order valence-corrected chi connectivity index (χ2v) is 11.1. The number of halogens is 2. The van der Waals surface area contributed by atoms with E-state index in [1.165, 1.54) is 53.4 Å². The van der Waals surface area contributed by atoms with Crippen molar-refractivity contribution in [1.29, 1.82) is 0 Å². The van der Waals surface area contributed by atoms with Gasteiger partial charge < -0.3 is 4.90 Å². The summed E-state index contributed by atoms with van der Waals surface area (Å²) in [6.45, 7) is -0.464. The number of hydrogen-bond donors (Lipinski definition) is 1. The molecule has 0 aromatic heterocycles. The van der Waals surface area contributed by atoms with Crippen molar-refractivity contribution in [2.75, 3.05) is 19.6 Å². The fraction of sp³-hybridized carbons (Fsp3) is 0.235. The number of carbonyl (C=O) groups excluding carboxylic acids is 1. The normalized spacial score (nSPS) is 15.3. The highest BCUT2D eigenvalue weighted by molar-refractivity contribution is 7.92. The number of likely N-dealkylation sites (tertiary alicyclic amines) is 1. The van der Waals surface area contributed by atoms with Crippen LogP contribution in [-0.2, 0) is 24.7 Å². The van der Waals surface area contributed by atoms with Crippen LogP contribution in [-0.4, -0.2) is 52.5 Å². The second-order valence-electron chi connectivity index (χ2n) is 6.20. The number of rotatable bonds is 6. The molecular weight excluding hydrogens is 447 g/mol. The van der Waals surface area contributed by atoms with E-state index >= 15 is 0 Å². The van der Waals surface area contributed by atoms with Crippen LogP contribution in [0.4, 0.5) is 0 Å². The van der Waals surface area contributed by atoms with Crippen molar-refractivity contribution in [2.24, 2.45) is 0 Å². The summed E-state index contributed by atoms with van der Waals surface area (Å²) in [6.07, 6.45) is 0. The zero-order chi connectivity index (χ0) is 20.5. The minimum Gasteiger partial charge on any atom is -0.339 e. The summed E-state index contributed by atoms with van der Waals surface area (Å²) in [6, 6.07) is 11.5. The van der Waals surface area contributed by atoms with Gasteiger partial charge in [-0.25, -0.2) is 21.6 Å². The van der Waals surface area contributed by atoms with Crippen LogP contribution in [0, 0.1) is 0 Å². The molecule has 0 bridgehead atoms. The fourth-order valence-corrected chi connectivity index (χ4v) is 5.69. The summed E-state index contributed by atoms with van der Waals surface area (Å²) in [5.41, 5.74) is 0. The molecule has 0 saturated carbocycles. The lowest BCUT2D eigenvalue weighted by Crippen LogP contribution is -2.58. The molecule has 7 nitrogen and oxygen atoms in total. The van der Waals surface area contributed by atoms with Gasteiger partial charge in [-0.3, -0.25) is 4.79 Å². The first-order valence-corrected chi connectivity index (χ1v) is 11.9. The molecule has 2 aromatic carbocycles. The van der Waals surface area contributed by atoms with E-state index in [2.05, 4.69) is 4.72 Å². The van der Waals surface area contributed by atoms with Gasteiger partial charge in [-0.2, -0.15) is 0 Å². The van der Waals surface area contributed by atoms with Crippen molar-refractivity contribution in [2.45, 2.75) is 15.0 Å². The summed E-state index contributed by atoms with van der Waals surface area (Å²) in [7, 11) is -7.48. The van der Waals surface area contributed by atoms with Crippen molar-refractivity contribution in [3.8, 4) is 0 Å². The van der Waals surface area contributed by atoms with Crippen molar-refractivity contribution in [3.63, 3.8) is 0 Å². The van der Waals surface area contributed by atoms with Crippen LogP contribution in [0.3, 0.4) is 0 Å². The van der Waals surface area contributed by atoms with E-state index in [4.69, 9.17) is 23.2 Å². The Morgan fingerprint density at radius 1 is 0.964 bits per heavy atom. The third-order valence-electron chi connectivity index (χ3n) is 4.30. The highest BCUT2D eigenvalue weighted by Crippen LogP contribution is 2.25. The minimum atomic E-state index is -3.90. The molecule has 2 aromatic rings. The van der Waals surface area contributed by atoms with E-state index in [1.54, 1.807) is 0 Å². The first-order chi connectivity index (χ1) is 13.1. The highest BCUT2D eigenvalue weighted by atomic mass is 35.5. The van der Waals surface area contributed by atoms with Crippen LogP contribution < -0.4 is 4.72 Å². The van der Waals surface area contributed by atoms with Gasteiger partial charge in [0.25, 0.3) is 0 Å². The Morgan fingerprint density at radius 3 is 2.21 bits per heavy atom. The first kappa shape index (κ1) is 21.1. The number of carbonyl (C=O) groups is 1. The van der Waals surface area contributed by atoms with Gasteiger partial charge in [0.2, 0.25) is 15.9 Å². The molecular formula is C17H16Cl2N2O5S2. The van der Waals surface area contributed by atoms with E-state index in [9.17, 15) is 21.6 Å². The van der Waals surface area contributed by atoms with Crippen molar-refractivity contribution in [1.82, 2.24) is 9.62 Å². The predicted molar refractivity (Wildman–Crippen MR) is 106 cm³/mol. The summed E-state index contributed by atoms with van der Waals surface area (Å²) >= 11 is 11.5. The second kappa shape index (κ2) is 8.00. The fourth-order valence-electron chi connectivity index (χ4n) is 2.64. The van der Waals surface area contributed by atoms with Crippen LogP contribution in [0.2, 0.25) is 10.0 Å². The van der Waals surface area contributed by atoms with Crippen LogP contribution in [0.25, 0.3) is 0 Å². The third-order valence-corrected chi connectivity index (χ3v) is 8.29. The molecule has 28 heavy (non-hydrogen) atoms. The van der Waals surface area contributed by atoms with Crippen LogP contribution >= 0.6 is 23.2 Å². The Bertz CT molecular complexity index is 1100. The maximum atomic E-state index is 12.5. The topological polar surface area (TPSA) is 101 Å². The van der Waals surface area contributed by atoms with Crippen molar-refractivity contribution in [3.05, 3.63) is 58.6 Å². The van der Waals surface area contributed by atoms with E-state index < -0.39 is 37.6 Å². The standard InChI is InChI=1S/C17H16Cl2N2O5S2/c18-12-4-6-14(7-5-12)27(23,24)16-10-21(11-16)17(22)9-20-28(25,26)15-3-1-2-13(19)8-15/h1-8,16,20H,9-11H2. The molecule has 1 N–H and O–H groups in total. The molecule has 0 atom stereocenters. The molecule has 0 radical (unpaired) electrons. The maximum Gasteiger partial charge on any atom is 0.241 e. The number of benzene rings is 2. The molecule has 3 rings (SSSR count). The predicted octanol–water partition coefficient (Wildman–Crippen LogP) is 1.96. The van der Waals surface area contributed by atoms with Gasteiger partial charge in [0.05, 0.1) is 16.3 Å². The molecule has 150 valence electrons. The van der Waals surface area contributed by atoms with Gasteiger partial charge in [-0.05, 0) is 42.5 Å². The van der Waals surface area contributed by atoms with Gasteiger partial charge in [-0.15, -0.1) is 0 Å². The van der Waals surface area contributed by atoms with E-state index in [0.717, 1.165) is 0 Å². The van der Waals surface area contributed by atoms with Gasteiger partial charge in [-0.1, -0.05) is 29.3 Å². The Labute approximate surface area is 173 Å². The van der Waals surface area contributed by atoms with E-state index in [0.29, 0.717) is 5.02 Å². The number of hydrogen-bond acceptors (Lipinski definition) is 5. The van der Waals surface area contributed by atoms with Gasteiger partial charge in [0.1, 0.15) is 5.25 Å². The summed E-state index contributed by atoms with van der Waals surface area (Å²) < 4.78 is 51.7. The maximum absolute atomic E-state index is 12.5. The molecule has 0 unspecified atom stereocenters. The third kappa shape index (κ3) is 4.49. The monoisotopic (exact) mass is 462 g/mol. The molecule has 11 heteroatoms. The zero-order valence-corrected chi connectivity index (χ0v) is 17.5. The highest BCUT2D eigenvalue weighted by Gasteiger charge is 2.40. The van der Waals surface area contributed by atoms with Crippen LogP contribution in [0.15, 0.2) is 58.3 Å². The summed E-state index contributed by atoms with van der Waals surface area (Å²) in [5, 5.41) is -0.0503. The lowest BCUT2D eigenvalue weighted by atomic mass is 10.2. The Kier molecular flexibility index (Phi) is 6.02. The van der Waals surface area contributed by atoms with Crippen LogP contribution in [0.5, 0.6) is 0 Å². The lowest BCUT2D eigenvalue weighted by Gasteiger charge is -2.38. The quantitative estimate of drug-likeness (QED) is 0.706. The smallest absolute Gasteiger partial charge is 0.241 e. The molecule has 1 amide bonds. The Morgan fingerprint density at radius 2 is 1.61 bits per heavy atom. The Balaban J connectivity index is 1.57. The van der Waals surface area contributed by atoms with Crippen LogP contribution in [0.1, 0.15) is 0 Å². The zero-order valence-electron chi connectivity index (χ0n) is 14.4. The largest absolute Gasteiger partial charge is 0.339 e. The molecule has 1 heterocycles. The SMILES string of the molecule is O=C(CNS(=O)(=O)c1cccc(Cl)c1)N1CC(S(=O)(=O)c2ccc(Cl)cc2)C1. The van der Waals surface area contributed by atoms with E-state index in [-0.39, 0.29) is 27.9 Å². The van der Waals surface area contributed by atoms with Crippen molar-refractivity contribution < 1.29 is 21.6 Å². The molecule has 0 aliphatic carbocycles. The van der Waals surface area contributed by atoms with Gasteiger partial charge >= 0.3 is 0 Å². The lowest BCUT2D eigenvalue weighted by molar-refractivity contribution is -0.133. The number of nitrogens with zero attached hydrogens (tertiary/aromatic N) is 1. The summed E-state index contributed by atoms with van der Waals surface area (Å²) in [4.78, 5) is 13.6. The Hall–Kier alpha value is -1.65. The number of amides is 1. The number of sulfonamides is 1. The van der Waals surface area contributed by atoms with Crippen molar-refractivity contribution >= 4 is 49.0 Å². The summed E-state index contributed by atoms with van der Waals surface area (Å²) in [5.74, 6) is -0.506. The first-order valence-electron chi connectivity index (χ1n) is 8.12. The molecule has 1 saturated heterocycles. The molecule has 0 spiro atoms. The average molecular weight is 463 g/mol. The molecule has 1 fully saturated rings. The molecule has 1 aliphatic heterocycles. The molecule has 1 aliphatic rings. The van der Waals surface area contributed by atoms with E-state index in [1.807, 2.05) is 0 Å². The van der Waals surface area contributed by atoms with Gasteiger partial charge in [0.15, 0.2) is 9.84 Å². The average Bonchev–Trinajstić information content (AvgIpc) is 2.59.